The average Bonchev–Trinajstić information content (AvgIpc) is 2.34. The molecule has 0 amide bonds. The molecule has 2 heteroatoms. The zero-order valence-corrected chi connectivity index (χ0v) is 10.2. The number of benzene rings is 1. The van der Waals surface area contributed by atoms with Crippen molar-refractivity contribution in [2.75, 3.05) is 13.1 Å². The molecule has 2 rings (SSSR count). The zero-order valence-electron chi connectivity index (χ0n) is 10.2. The Balaban J connectivity index is 2.07. The van der Waals surface area contributed by atoms with Crippen LogP contribution in [0.15, 0.2) is 30.3 Å². The first-order valence-corrected chi connectivity index (χ1v) is 6.24. The molecule has 1 fully saturated rings. The van der Waals surface area contributed by atoms with Gasteiger partial charge in [-0.25, -0.2) is 0 Å². The Morgan fingerprint density at radius 1 is 1.25 bits per heavy atom. The maximum atomic E-state index is 5.94. The molecule has 2 nitrogen and oxygen atoms in total. The standard InChI is InChI=1S/C14H22N2/c1-14(12-15)9-5-6-10-16(14)11-13-7-3-2-4-8-13/h2-4,7-8H,5-6,9-12,15H2,1H3. The van der Waals surface area contributed by atoms with Gasteiger partial charge in [0.1, 0.15) is 0 Å². The lowest BCUT2D eigenvalue weighted by Gasteiger charge is -2.44. The summed E-state index contributed by atoms with van der Waals surface area (Å²) < 4.78 is 0. The number of nitrogens with two attached hydrogens (primary N) is 1. The van der Waals surface area contributed by atoms with E-state index < -0.39 is 0 Å². The number of hydrogen-bond acceptors (Lipinski definition) is 2. The van der Waals surface area contributed by atoms with Crippen LogP contribution >= 0.6 is 0 Å². The van der Waals surface area contributed by atoms with Gasteiger partial charge in [-0.15, -0.1) is 0 Å². The van der Waals surface area contributed by atoms with Gasteiger partial charge in [-0.3, -0.25) is 4.90 Å². The van der Waals surface area contributed by atoms with E-state index in [9.17, 15) is 0 Å². The molecule has 1 unspecified atom stereocenters. The lowest BCUT2D eigenvalue weighted by atomic mass is 9.88. The van der Waals surface area contributed by atoms with Gasteiger partial charge in [-0.1, -0.05) is 36.8 Å². The third-order valence-electron chi connectivity index (χ3n) is 3.81. The quantitative estimate of drug-likeness (QED) is 0.844. The van der Waals surface area contributed by atoms with E-state index in [1.165, 1.54) is 31.4 Å². The highest BCUT2D eigenvalue weighted by atomic mass is 15.2. The van der Waals surface area contributed by atoms with E-state index in [1.54, 1.807) is 0 Å². The minimum atomic E-state index is 0.202. The monoisotopic (exact) mass is 218 g/mol. The maximum Gasteiger partial charge on any atom is 0.0307 e. The zero-order chi connectivity index (χ0) is 11.4. The van der Waals surface area contributed by atoms with Crippen molar-refractivity contribution >= 4 is 0 Å². The molecule has 1 heterocycles. The predicted octanol–water partition coefficient (Wildman–Crippen LogP) is 2.39. The summed E-state index contributed by atoms with van der Waals surface area (Å²) >= 11 is 0. The van der Waals surface area contributed by atoms with Crippen LogP contribution in [-0.4, -0.2) is 23.5 Å². The molecule has 0 aliphatic carbocycles. The van der Waals surface area contributed by atoms with Crippen LogP contribution in [0, 0.1) is 0 Å². The van der Waals surface area contributed by atoms with Crippen molar-refractivity contribution in [1.29, 1.82) is 0 Å². The molecule has 0 bridgehead atoms. The largest absolute Gasteiger partial charge is 0.329 e. The topological polar surface area (TPSA) is 29.3 Å². The van der Waals surface area contributed by atoms with Gasteiger partial charge in [0.15, 0.2) is 0 Å². The van der Waals surface area contributed by atoms with Crippen molar-refractivity contribution in [3.05, 3.63) is 35.9 Å². The van der Waals surface area contributed by atoms with Crippen LogP contribution in [0.25, 0.3) is 0 Å². The number of likely N-dealkylation sites (tertiary alicyclic amines) is 1. The minimum Gasteiger partial charge on any atom is -0.329 e. The first-order chi connectivity index (χ1) is 7.74. The van der Waals surface area contributed by atoms with Crippen LogP contribution in [0.5, 0.6) is 0 Å². The predicted molar refractivity (Wildman–Crippen MR) is 68.2 cm³/mol. The van der Waals surface area contributed by atoms with Crippen molar-refractivity contribution in [3.63, 3.8) is 0 Å². The number of rotatable bonds is 3. The van der Waals surface area contributed by atoms with Gasteiger partial charge in [0, 0.05) is 18.6 Å². The Kier molecular flexibility index (Phi) is 3.62. The fraction of sp³-hybridized carbons (Fsp3) is 0.571. The lowest BCUT2D eigenvalue weighted by Crippen LogP contribution is -2.53. The first-order valence-electron chi connectivity index (χ1n) is 6.24. The van der Waals surface area contributed by atoms with Gasteiger partial charge in [-0.05, 0) is 31.9 Å². The van der Waals surface area contributed by atoms with Gasteiger partial charge < -0.3 is 5.73 Å². The molecule has 1 aliphatic rings. The number of hydrogen-bond donors (Lipinski definition) is 1. The van der Waals surface area contributed by atoms with E-state index in [2.05, 4.69) is 42.2 Å². The minimum absolute atomic E-state index is 0.202. The van der Waals surface area contributed by atoms with E-state index in [1.807, 2.05) is 0 Å². The third kappa shape index (κ3) is 2.45. The van der Waals surface area contributed by atoms with Crippen LogP contribution < -0.4 is 5.73 Å². The molecule has 1 saturated heterocycles. The summed E-state index contributed by atoms with van der Waals surface area (Å²) in [6, 6.07) is 10.7. The van der Waals surface area contributed by atoms with E-state index in [4.69, 9.17) is 5.73 Å². The highest BCUT2D eigenvalue weighted by molar-refractivity contribution is 5.15. The summed E-state index contributed by atoms with van der Waals surface area (Å²) in [7, 11) is 0. The second-order valence-corrected chi connectivity index (χ2v) is 5.07. The lowest BCUT2D eigenvalue weighted by molar-refractivity contribution is 0.0607. The molecule has 0 aromatic heterocycles. The second kappa shape index (κ2) is 4.98. The molecule has 2 N–H and O–H groups in total. The Morgan fingerprint density at radius 2 is 2.00 bits per heavy atom. The SMILES string of the molecule is CC1(CN)CCCCN1Cc1ccccc1. The van der Waals surface area contributed by atoms with Gasteiger partial charge in [0.05, 0.1) is 0 Å². The Labute approximate surface area is 98.4 Å². The van der Waals surface area contributed by atoms with Crippen LogP contribution in [-0.2, 0) is 6.54 Å². The highest BCUT2D eigenvalue weighted by Crippen LogP contribution is 2.28. The van der Waals surface area contributed by atoms with Gasteiger partial charge in [0.25, 0.3) is 0 Å². The molecule has 0 radical (unpaired) electrons. The van der Waals surface area contributed by atoms with Crippen molar-refractivity contribution in [3.8, 4) is 0 Å². The van der Waals surface area contributed by atoms with Crippen LogP contribution in [0.1, 0.15) is 31.7 Å². The fourth-order valence-electron chi connectivity index (χ4n) is 2.54. The molecule has 1 aromatic rings. The first kappa shape index (κ1) is 11.6. The van der Waals surface area contributed by atoms with Crippen molar-refractivity contribution in [1.82, 2.24) is 4.90 Å². The van der Waals surface area contributed by atoms with Gasteiger partial charge in [0.2, 0.25) is 0 Å². The van der Waals surface area contributed by atoms with Crippen LogP contribution in [0.3, 0.4) is 0 Å². The van der Waals surface area contributed by atoms with Crippen molar-refractivity contribution < 1.29 is 0 Å². The van der Waals surface area contributed by atoms with E-state index in [-0.39, 0.29) is 5.54 Å². The van der Waals surface area contributed by atoms with Crippen molar-refractivity contribution in [2.45, 2.75) is 38.3 Å². The number of piperidine rings is 1. The van der Waals surface area contributed by atoms with Gasteiger partial charge in [-0.2, -0.15) is 0 Å². The normalized spacial score (nSPS) is 26.9. The summed E-state index contributed by atoms with van der Waals surface area (Å²) in [6.45, 7) is 5.28. The molecule has 0 spiro atoms. The van der Waals surface area contributed by atoms with E-state index >= 15 is 0 Å². The highest BCUT2D eigenvalue weighted by Gasteiger charge is 2.32. The summed E-state index contributed by atoms with van der Waals surface area (Å²) in [5, 5.41) is 0. The second-order valence-electron chi connectivity index (χ2n) is 5.07. The van der Waals surface area contributed by atoms with Crippen LogP contribution in [0.4, 0.5) is 0 Å². The Hall–Kier alpha value is -0.860. The molecule has 16 heavy (non-hydrogen) atoms. The summed E-state index contributed by atoms with van der Waals surface area (Å²) in [4.78, 5) is 2.55. The maximum absolute atomic E-state index is 5.94. The Bertz CT molecular complexity index is 323. The molecule has 1 aliphatic heterocycles. The molecular formula is C14H22N2. The summed E-state index contributed by atoms with van der Waals surface area (Å²) in [5.74, 6) is 0. The molecular weight excluding hydrogens is 196 g/mol. The van der Waals surface area contributed by atoms with Crippen LogP contribution in [0.2, 0.25) is 0 Å². The van der Waals surface area contributed by atoms with Gasteiger partial charge >= 0.3 is 0 Å². The average molecular weight is 218 g/mol. The summed E-state index contributed by atoms with van der Waals surface area (Å²) in [6.07, 6.45) is 3.86. The molecule has 1 aromatic carbocycles. The third-order valence-corrected chi connectivity index (χ3v) is 3.81. The summed E-state index contributed by atoms with van der Waals surface area (Å²) in [5.41, 5.74) is 7.54. The van der Waals surface area contributed by atoms with E-state index in [0.29, 0.717) is 0 Å². The number of nitrogens with zero attached hydrogens (tertiary/aromatic N) is 1. The molecule has 1 atom stereocenters. The molecule has 88 valence electrons. The van der Waals surface area contributed by atoms with Crippen molar-refractivity contribution in [2.24, 2.45) is 5.73 Å². The molecule has 0 saturated carbocycles. The van der Waals surface area contributed by atoms with E-state index in [0.717, 1.165) is 13.1 Å². The fourth-order valence-corrected chi connectivity index (χ4v) is 2.54. The smallest absolute Gasteiger partial charge is 0.0307 e. The Morgan fingerprint density at radius 3 is 2.69 bits per heavy atom.